The lowest BCUT2D eigenvalue weighted by Gasteiger charge is -2.38. The van der Waals surface area contributed by atoms with Crippen LogP contribution in [0.3, 0.4) is 0 Å². The summed E-state index contributed by atoms with van der Waals surface area (Å²) in [5.74, 6) is -1.29. The highest BCUT2D eigenvalue weighted by molar-refractivity contribution is 5.99. The highest BCUT2D eigenvalue weighted by Crippen LogP contribution is 2.38. The molecule has 1 aliphatic rings. The molecule has 0 bridgehead atoms. The minimum atomic E-state index is -4.94. The fraction of sp³-hybridized carbons (Fsp3) is 0.304. The quantitative estimate of drug-likeness (QED) is 0.498. The SMILES string of the molecule is CN1c2nc(Oc3ccccc3OC(F)(F)F)n(Cc3ccccc3)c2C(=O)N(CCCO)C1O. The zero-order chi connectivity index (χ0) is 25.2. The topological polar surface area (TPSA) is 100 Å². The molecule has 0 spiro atoms. The Hall–Kier alpha value is -3.77. The number of aromatic nitrogens is 2. The van der Waals surface area contributed by atoms with Crippen molar-refractivity contribution in [3.05, 3.63) is 65.9 Å². The van der Waals surface area contributed by atoms with Crippen molar-refractivity contribution in [2.75, 3.05) is 25.1 Å². The van der Waals surface area contributed by atoms with Gasteiger partial charge in [-0.25, -0.2) is 0 Å². The van der Waals surface area contributed by atoms with Gasteiger partial charge in [0.2, 0.25) is 6.35 Å². The molecule has 0 saturated carbocycles. The van der Waals surface area contributed by atoms with E-state index in [4.69, 9.17) is 4.74 Å². The lowest BCUT2D eigenvalue weighted by Crippen LogP contribution is -2.54. The Bertz CT molecular complexity index is 1190. The molecular weight excluding hydrogens is 469 g/mol. The molecule has 4 rings (SSSR count). The second-order valence-electron chi connectivity index (χ2n) is 7.77. The number of aliphatic hydroxyl groups is 2. The van der Waals surface area contributed by atoms with E-state index in [0.29, 0.717) is 0 Å². The van der Waals surface area contributed by atoms with Crippen LogP contribution in [0.2, 0.25) is 0 Å². The molecule has 0 fully saturated rings. The van der Waals surface area contributed by atoms with Crippen molar-refractivity contribution < 1.29 is 37.7 Å². The number of aliphatic hydroxyl groups excluding tert-OH is 2. The number of alkyl halides is 3. The van der Waals surface area contributed by atoms with Gasteiger partial charge in [0.15, 0.2) is 23.0 Å². The molecule has 1 amide bonds. The molecule has 12 heteroatoms. The van der Waals surface area contributed by atoms with E-state index in [0.717, 1.165) is 11.6 Å². The summed E-state index contributed by atoms with van der Waals surface area (Å²) in [5.41, 5.74) is 0.865. The van der Waals surface area contributed by atoms with Crippen LogP contribution in [0.5, 0.6) is 17.5 Å². The van der Waals surface area contributed by atoms with Crippen molar-refractivity contribution in [1.29, 1.82) is 0 Å². The highest BCUT2D eigenvalue weighted by atomic mass is 19.4. The van der Waals surface area contributed by atoms with Gasteiger partial charge in [-0.15, -0.1) is 13.2 Å². The summed E-state index contributed by atoms with van der Waals surface area (Å²) in [6.45, 7) is 0.0141. The molecule has 1 aliphatic heterocycles. The first kappa shape index (κ1) is 24.4. The Morgan fingerprint density at radius 2 is 1.71 bits per heavy atom. The Balaban J connectivity index is 1.80. The van der Waals surface area contributed by atoms with Crippen LogP contribution in [0.25, 0.3) is 0 Å². The van der Waals surface area contributed by atoms with Gasteiger partial charge in [0, 0.05) is 20.2 Å². The number of amides is 1. The van der Waals surface area contributed by atoms with E-state index in [1.165, 1.54) is 39.6 Å². The molecule has 2 aromatic carbocycles. The maximum Gasteiger partial charge on any atom is 0.573 e. The number of benzene rings is 2. The van der Waals surface area contributed by atoms with Crippen LogP contribution >= 0.6 is 0 Å². The fourth-order valence-corrected chi connectivity index (χ4v) is 3.73. The molecule has 2 heterocycles. The number of ether oxygens (including phenoxy) is 2. The number of halogens is 3. The molecule has 35 heavy (non-hydrogen) atoms. The summed E-state index contributed by atoms with van der Waals surface area (Å²) in [5, 5.41) is 19.8. The minimum absolute atomic E-state index is 0.0786. The van der Waals surface area contributed by atoms with Crippen LogP contribution in [-0.4, -0.2) is 63.5 Å². The predicted octanol–water partition coefficient (Wildman–Crippen LogP) is 3.17. The summed E-state index contributed by atoms with van der Waals surface area (Å²) < 4.78 is 50.0. The number of anilines is 1. The van der Waals surface area contributed by atoms with Gasteiger partial charge in [-0.1, -0.05) is 42.5 Å². The second-order valence-corrected chi connectivity index (χ2v) is 7.77. The summed E-state index contributed by atoms with van der Waals surface area (Å²) >= 11 is 0. The van der Waals surface area contributed by atoms with Crippen molar-refractivity contribution >= 4 is 11.7 Å². The number of nitrogens with zero attached hydrogens (tertiary/aromatic N) is 4. The second kappa shape index (κ2) is 9.84. The van der Waals surface area contributed by atoms with Gasteiger partial charge in [0.1, 0.15) is 0 Å². The van der Waals surface area contributed by atoms with Gasteiger partial charge < -0.3 is 24.6 Å². The standard InChI is InChI=1S/C23H23F3N4O5/c1-28-19-18(20(32)29(22(28)33)12-7-13-31)30(14-15-8-3-2-4-9-15)21(27-19)34-16-10-5-6-11-17(16)35-23(24,25)26/h2-6,8-11,22,31,33H,7,12-14H2,1H3. The lowest BCUT2D eigenvalue weighted by atomic mass is 10.2. The average Bonchev–Trinajstić information content (AvgIpc) is 3.17. The first-order valence-corrected chi connectivity index (χ1v) is 10.7. The van der Waals surface area contributed by atoms with Crippen LogP contribution in [0, 0.1) is 0 Å². The van der Waals surface area contributed by atoms with Crippen LogP contribution in [0.1, 0.15) is 22.5 Å². The van der Waals surface area contributed by atoms with E-state index >= 15 is 0 Å². The summed E-state index contributed by atoms with van der Waals surface area (Å²) in [6, 6.07) is 14.1. The normalized spacial score (nSPS) is 15.8. The van der Waals surface area contributed by atoms with E-state index in [1.54, 1.807) is 12.1 Å². The molecule has 0 aliphatic carbocycles. The number of rotatable bonds is 8. The number of hydrogen-bond acceptors (Lipinski definition) is 7. The van der Waals surface area contributed by atoms with Gasteiger partial charge in [-0.3, -0.25) is 14.3 Å². The number of fused-ring (bicyclic) bond motifs is 1. The van der Waals surface area contributed by atoms with Crippen LogP contribution in [0.4, 0.5) is 19.0 Å². The maximum atomic E-state index is 13.4. The van der Waals surface area contributed by atoms with E-state index in [2.05, 4.69) is 9.72 Å². The van der Waals surface area contributed by atoms with Crippen molar-refractivity contribution in [3.63, 3.8) is 0 Å². The Morgan fingerprint density at radius 1 is 1.06 bits per heavy atom. The number of para-hydroxylation sites is 2. The minimum Gasteiger partial charge on any atom is -0.421 e. The molecule has 2 N–H and O–H groups in total. The van der Waals surface area contributed by atoms with Gasteiger partial charge in [-0.2, -0.15) is 4.98 Å². The van der Waals surface area contributed by atoms with E-state index < -0.39 is 24.4 Å². The van der Waals surface area contributed by atoms with Crippen molar-refractivity contribution in [1.82, 2.24) is 14.5 Å². The zero-order valence-electron chi connectivity index (χ0n) is 18.6. The molecule has 9 nitrogen and oxygen atoms in total. The van der Waals surface area contributed by atoms with Gasteiger partial charge in [-0.05, 0) is 24.1 Å². The molecule has 0 radical (unpaired) electrons. The molecule has 1 unspecified atom stereocenters. The highest BCUT2D eigenvalue weighted by Gasteiger charge is 2.40. The van der Waals surface area contributed by atoms with Gasteiger partial charge in [0.05, 0.1) is 6.54 Å². The number of imidazole rings is 1. The third-order valence-corrected chi connectivity index (χ3v) is 5.35. The molecule has 3 aromatic rings. The summed E-state index contributed by atoms with van der Waals surface area (Å²) in [6.07, 6.45) is -6.05. The Kier molecular flexibility index (Phi) is 6.85. The third kappa shape index (κ3) is 5.17. The fourth-order valence-electron chi connectivity index (χ4n) is 3.73. The first-order chi connectivity index (χ1) is 16.7. The smallest absolute Gasteiger partial charge is 0.421 e. The van der Waals surface area contributed by atoms with Crippen LogP contribution in [-0.2, 0) is 6.54 Å². The van der Waals surface area contributed by atoms with Gasteiger partial charge >= 0.3 is 12.4 Å². The van der Waals surface area contributed by atoms with Crippen LogP contribution in [0.15, 0.2) is 54.6 Å². The first-order valence-electron chi connectivity index (χ1n) is 10.7. The summed E-state index contributed by atoms with van der Waals surface area (Å²) in [7, 11) is 1.52. The van der Waals surface area contributed by atoms with Gasteiger partial charge in [0.25, 0.3) is 5.91 Å². The van der Waals surface area contributed by atoms with E-state index in [1.807, 2.05) is 18.2 Å². The van der Waals surface area contributed by atoms with E-state index in [-0.39, 0.29) is 49.4 Å². The summed E-state index contributed by atoms with van der Waals surface area (Å²) in [4.78, 5) is 20.2. The molecular formula is C23H23F3N4O5. The number of hydrogen-bond donors (Lipinski definition) is 2. The Morgan fingerprint density at radius 3 is 2.37 bits per heavy atom. The third-order valence-electron chi connectivity index (χ3n) is 5.35. The number of carbonyl (C=O) groups is 1. The van der Waals surface area contributed by atoms with Crippen LogP contribution < -0.4 is 14.4 Å². The van der Waals surface area contributed by atoms with E-state index in [9.17, 15) is 28.2 Å². The van der Waals surface area contributed by atoms with Crippen molar-refractivity contribution in [2.45, 2.75) is 25.7 Å². The number of carbonyl (C=O) groups excluding carboxylic acids is 1. The largest absolute Gasteiger partial charge is 0.573 e. The lowest BCUT2D eigenvalue weighted by molar-refractivity contribution is -0.275. The molecule has 186 valence electrons. The predicted molar refractivity (Wildman–Crippen MR) is 118 cm³/mol. The maximum absolute atomic E-state index is 13.4. The molecule has 0 saturated heterocycles. The average molecular weight is 492 g/mol. The Labute approximate surface area is 198 Å². The zero-order valence-corrected chi connectivity index (χ0v) is 18.6. The van der Waals surface area contributed by atoms with Crippen molar-refractivity contribution in [3.8, 4) is 17.5 Å². The molecule has 1 atom stereocenters. The molecule has 1 aromatic heterocycles. The monoisotopic (exact) mass is 492 g/mol. The van der Waals surface area contributed by atoms with Crippen molar-refractivity contribution in [2.24, 2.45) is 0 Å².